The van der Waals surface area contributed by atoms with Crippen LogP contribution in [0.4, 0.5) is 0 Å². The standard InChI is InChI=1S/C11H24N2/c1-9(2)6-11(3,8-12)13-7-10-4-5-10/h9-10,13H,4-8,12H2,1-3H3. The van der Waals surface area contributed by atoms with Gasteiger partial charge in [0.25, 0.3) is 0 Å². The first kappa shape index (κ1) is 11.0. The summed E-state index contributed by atoms with van der Waals surface area (Å²) in [6.45, 7) is 8.67. The van der Waals surface area contributed by atoms with Gasteiger partial charge in [0, 0.05) is 12.1 Å². The second-order valence-corrected chi connectivity index (χ2v) is 5.19. The van der Waals surface area contributed by atoms with Crippen LogP contribution >= 0.6 is 0 Å². The second kappa shape index (κ2) is 4.43. The molecule has 0 aromatic rings. The number of rotatable bonds is 6. The van der Waals surface area contributed by atoms with E-state index in [9.17, 15) is 0 Å². The molecule has 1 unspecified atom stereocenters. The predicted octanol–water partition coefficient (Wildman–Crippen LogP) is 1.75. The van der Waals surface area contributed by atoms with Crippen molar-refractivity contribution in [1.29, 1.82) is 0 Å². The van der Waals surface area contributed by atoms with E-state index in [0.717, 1.165) is 18.4 Å². The molecule has 0 saturated heterocycles. The van der Waals surface area contributed by atoms with Gasteiger partial charge >= 0.3 is 0 Å². The third-order valence-electron chi connectivity index (χ3n) is 2.82. The Morgan fingerprint density at radius 2 is 2.08 bits per heavy atom. The molecule has 1 aliphatic rings. The molecule has 1 saturated carbocycles. The molecule has 13 heavy (non-hydrogen) atoms. The molecule has 0 amide bonds. The Hall–Kier alpha value is -0.0800. The van der Waals surface area contributed by atoms with Gasteiger partial charge in [0.05, 0.1) is 0 Å². The fourth-order valence-corrected chi connectivity index (χ4v) is 1.84. The number of hydrogen-bond donors (Lipinski definition) is 2. The highest BCUT2D eigenvalue weighted by Gasteiger charge is 2.27. The average Bonchev–Trinajstić information content (AvgIpc) is 2.83. The predicted molar refractivity (Wildman–Crippen MR) is 57.6 cm³/mol. The van der Waals surface area contributed by atoms with Crippen molar-refractivity contribution in [3.63, 3.8) is 0 Å². The Kier molecular flexibility index (Phi) is 3.74. The molecule has 1 fully saturated rings. The number of nitrogens with one attached hydrogen (secondary N) is 1. The maximum Gasteiger partial charge on any atom is 0.0278 e. The van der Waals surface area contributed by atoms with E-state index in [4.69, 9.17) is 5.73 Å². The summed E-state index contributed by atoms with van der Waals surface area (Å²) in [7, 11) is 0. The summed E-state index contributed by atoms with van der Waals surface area (Å²) in [5.41, 5.74) is 5.96. The molecule has 3 N–H and O–H groups in total. The minimum absolute atomic E-state index is 0.163. The zero-order valence-corrected chi connectivity index (χ0v) is 9.27. The molecule has 0 aromatic heterocycles. The Morgan fingerprint density at radius 3 is 2.46 bits per heavy atom. The molecule has 0 aliphatic heterocycles. The Bertz CT molecular complexity index is 152. The van der Waals surface area contributed by atoms with E-state index < -0.39 is 0 Å². The molecule has 0 heterocycles. The minimum atomic E-state index is 0.163. The van der Waals surface area contributed by atoms with Crippen molar-refractivity contribution in [2.24, 2.45) is 17.6 Å². The summed E-state index contributed by atoms with van der Waals surface area (Å²) < 4.78 is 0. The average molecular weight is 184 g/mol. The molecule has 2 heteroatoms. The van der Waals surface area contributed by atoms with Crippen molar-refractivity contribution in [3.8, 4) is 0 Å². The quantitative estimate of drug-likeness (QED) is 0.660. The van der Waals surface area contributed by atoms with Crippen LogP contribution in [0.25, 0.3) is 0 Å². The van der Waals surface area contributed by atoms with E-state index in [2.05, 4.69) is 26.1 Å². The van der Waals surface area contributed by atoms with Crippen LogP contribution < -0.4 is 11.1 Å². The lowest BCUT2D eigenvalue weighted by atomic mass is 9.90. The maximum absolute atomic E-state index is 5.80. The Morgan fingerprint density at radius 1 is 1.46 bits per heavy atom. The highest BCUT2D eigenvalue weighted by atomic mass is 15.0. The van der Waals surface area contributed by atoms with Crippen molar-refractivity contribution < 1.29 is 0 Å². The van der Waals surface area contributed by atoms with Gasteiger partial charge in [-0.15, -0.1) is 0 Å². The normalized spacial score (nSPS) is 21.9. The summed E-state index contributed by atoms with van der Waals surface area (Å²) in [5.74, 6) is 1.67. The molecular formula is C11H24N2. The molecule has 0 spiro atoms. The SMILES string of the molecule is CC(C)CC(C)(CN)NCC1CC1. The number of hydrogen-bond acceptors (Lipinski definition) is 2. The highest BCUT2D eigenvalue weighted by Crippen LogP contribution is 2.28. The van der Waals surface area contributed by atoms with Crippen molar-refractivity contribution in [2.75, 3.05) is 13.1 Å². The first-order valence-electron chi connectivity index (χ1n) is 5.51. The van der Waals surface area contributed by atoms with Crippen molar-refractivity contribution in [2.45, 2.75) is 45.6 Å². The molecule has 1 aliphatic carbocycles. The van der Waals surface area contributed by atoms with E-state index in [0.29, 0.717) is 0 Å². The van der Waals surface area contributed by atoms with Crippen LogP contribution in [0.2, 0.25) is 0 Å². The van der Waals surface area contributed by atoms with Crippen molar-refractivity contribution in [3.05, 3.63) is 0 Å². The van der Waals surface area contributed by atoms with Crippen LogP contribution in [0, 0.1) is 11.8 Å². The molecule has 0 radical (unpaired) electrons. The molecule has 1 rings (SSSR count). The summed E-state index contributed by atoms with van der Waals surface area (Å²) in [4.78, 5) is 0. The zero-order valence-electron chi connectivity index (χ0n) is 9.27. The maximum atomic E-state index is 5.80. The van der Waals surface area contributed by atoms with Crippen LogP contribution in [0.15, 0.2) is 0 Å². The van der Waals surface area contributed by atoms with Crippen LogP contribution in [0.5, 0.6) is 0 Å². The van der Waals surface area contributed by atoms with Gasteiger partial charge in [-0.05, 0) is 44.6 Å². The summed E-state index contributed by atoms with van der Waals surface area (Å²) in [6, 6.07) is 0. The zero-order chi connectivity index (χ0) is 9.90. The second-order valence-electron chi connectivity index (χ2n) is 5.19. The topological polar surface area (TPSA) is 38.0 Å². The lowest BCUT2D eigenvalue weighted by Crippen LogP contribution is -2.50. The van der Waals surface area contributed by atoms with Gasteiger partial charge in [0.2, 0.25) is 0 Å². The third kappa shape index (κ3) is 4.10. The van der Waals surface area contributed by atoms with E-state index >= 15 is 0 Å². The van der Waals surface area contributed by atoms with Gasteiger partial charge in [-0.1, -0.05) is 13.8 Å². The first-order valence-corrected chi connectivity index (χ1v) is 5.51. The van der Waals surface area contributed by atoms with E-state index in [1.165, 1.54) is 25.8 Å². The van der Waals surface area contributed by atoms with Gasteiger partial charge in [-0.3, -0.25) is 0 Å². The monoisotopic (exact) mass is 184 g/mol. The van der Waals surface area contributed by atoms with E-state index in [-0.39, 0.29) is 5.54 Å². The molecule has 0 aromatic carbocycles. The summed E-state index contributed by atoms with van der Waals surface area (Å²) in [5, 5.41) is 3.61. The smallest absolute Gasteiger partial charge is 0.0278 e. The highest BCUT2D eigenvalue weighted by molar-refractivity contribution is 4.88. The van der Waals surface area contributed by atoms with Gasteiger partial charge < -0.3 is 11.1 Å². The van der Waals surface area contributed by atoms with Crippen molar-refractivity contribution in [1.82, 2.24) is 5.32 Å². The van der Waals surface area contributed by atoms with Gasteiger partial charge in [0.1, 0.15) is 0 Å². The van der Waals surface area contributed by atoms with Crippen LogP contribution in [-0.4, -0.2) is 18.6 Å². The largest absolute Gasteiger partial charge is 0.329 e. The number of nitrogens with two attached hydrogens (primary N) is 1. The van der Waals surface area contributed by atoms with Gasteiger partial charge in [-0.25, -0.2) is 0 Å². The summed E-state index contributed by atoms with van der Waals surface area (Å²) >= 11 is 0. The molecule has 78 valence electrons. The van der Waals surface area contributed by atoms with Crippen LogP contribution in [-0.2, 0) is 0 Å². The Balaban J connectivity index is 2.27. The van der Waals surface area contributed by atoms with Gasteiger partial charge in [-0.2, -0.15) is 0 Å². The van der Waals surface area contributed by atoms with Crippen molar-refractivity contribution >= 4 is 0 Å². The molecule has 1 atom stereocenters. The lowest BCUT2D eigenvalue weighted by molar-refractivity contribution is 0.296. The van der Waals surface area contributed by atoms with E-state index in [1.807, 2.05) is 0 Å². The fraction of sp³-hybridized carbons (Fsp3) is 1.00. The minimum Gasteiger partial charge on any atom is -0.329 e. The summed E-state index contributed by atoms with van der Waals surface area (Å²) in [6.07, 6.45) is 4.00. The first-order chi connectivity index (χ1) is 6.06. The Labute approximate surface area is 82.3 Å². The van der Waals surface area contributed by atoms with E-state index in [1.54, 1.807) is 0 Å². The molecular weight excluding hydrogens is 160 g/mol. The van der Waals surface area contributed by atoms with Crippen LogP contribution in [0.3, 0.4) is 0 Å². The molecule has 2 nitrogen and oxygen atoms in total. The fourth-order valence-electron chi connectivity index (χ4n) is 1.84. The lowest BCUT2D eigenvalue weighted by Gasteiger charge is -2.31. The van der Waals surface area contributed by atoms with Gasteiger partial charge in [0.15, 0.2) is 0 Å². The third-order valence-corrected chi connectivity index (χ3v) is 2.82. The molecule has 0 bridgehead atoms. The van der Waals surface area contributed by atoms with Crippen LogP contribution in [0.1, 0.15) is 40.0 Å².